The summed E-state index contributed by atoms with van der Waals surface area (Å²) >= 11 is 1.41. The molecule has 0 aliphatic carbocycles. The van der Waals surface area contributed by atoms with E-state index in [4.69, 9.17) is 5.73 Å². The van der Waals surface area contributed by atoms with Crippen molar-refractivity contribution in [2.24, 2.45) is 17.1 Å². The Morgan fingerprint density at radius 1 is 1.37 bits per heavy atom. The minimum Gasteiger partial charge on any atom is -0.319 e. The fourth-order valence-corrected chi connectivity index (χ4v) is 2.27. The van der Waals surface area contributed by atoms with E-state index in [1.54, 1.807) is 0 Å². The number of carbonyl (C=O) groups excluding carboxylic acids is 1. The SMILES string of the molecule is CC(C)Cc1nnc(NC(=O)[C@@H](N)C(C)(C)C)s1.Cl. The number of carbonyl (C=O) groups is 1. The fraction of sp³-hybridized carbons (Fsp3) is 0.750. The third-order valence-electron chi connectivity index (χ3n) is 2.50. The Bertz CT molecular complexity index is 414. The molecule has 1 heterocycles. The van der Waals surface area contributed by atoms with Gasteiger partial charge >= 0.3 is 0 Å². The van der Waals surface area contributed by atoms with Gasteiger partial charge in [0.2, 0.25) is 11.0 Å². The summed E-state index contributed by atoms with van der Waals surface area (Å²) in [5, 5.41) is 12.2. The highest BCUT2D eigenvalue weighted by atomic mass is 35.5. The van der Waals surface area contributed by atoms with Crippen molar-refractivity contribution in [2.45, 2.75) is 47.1 Å². The van der Waals surface area contributed by atoms with Gasteiger partial charge in [0.05, 0.1) is 6.04 Å². The molecular formula is C12H23ClN4OS. The van der Waals surface area contributed by atoms with E-state index in [2.05, 4.69) is 29.4 Å². The topological polar surface area (TPSA) is 80.9 Å². The number of nitrogens with two attached hydrogens (primary N) is 1. The second-order valence-electron chi connectivity index (χ2n) is 5.93. The van der Waals surface area contributed by atoms with Gasteiger partial charge in [0.15, 0.2) is 0 Å². The highest BCUT2D eigenvalue weighted by Gasteiger charge is 2.28. The minimum absolute atomic E-state index is 0. The average Bonchev–Trinajstić information content (AvgIpc) is 2.61. The second-order valence-corrected chi connectivity index (χ2v) is 6.99. The Morgan fingerprint density at radius 3 is 2.42 bits per heavy atom. The zero-order chi connectivity index (χ0) is 13.9. The summed E-state index contributed by atoms with van der Waals surface area (Å²) in [7, 11) is 0. The number of rotatable bonds is 4. The quantitative estimate of drug-likeness (QED) is 0.895. The number of hydrogen-bond acceptors (Lipinski definition) is 5. The molecule has 0 fully saturated rings. The zero-order valence-electron chi connectivity index (χ0n) is 12.1. The van der Waals surface area contributed by atoms with Crippen molar-refractivity contribution in [3.05, 3.63) is 5.01 Å². The van der Waals surface area contributed by atoms with E-state index in [9.17, 15) is 4.79 Å². The monoisotopic (exact) mass is 306 g/mol. The predicted octanol–water partition coefficient (Wildman–Crippen LogP) is 2.47. The third kappa shape index (κ3) is 5.84. The normalized spacial score (nSPS) is 13.0. The van der Waals surface area contributed by atoms with Gasteiger partial charge in [0.1, 0.15) is 5.01 Å². The first kappa shape index (κ1) is 18.3. The van der Waals surface area contributed by atoms with Gasteiger partial charge < -0.3 is 5.73 Å². The van der Waals surface area contributed by atoms with Crippen molar-refractivity contribution in [3.63, 3.8) is 0 Å². The largest absolute Gasteiger partial charge is 0.319 e. The molecule has 0 saturated heterocycles. The van der Waals surface area contributed by atoms with Crippen LogP contribution < -0.4 is 11.1 Å². The molecule has 0 saturated carbocycles. The van der Waals surface area contributed by atoms with Crippen molar-refractivity contribution in [3.8, 4) is 0 Å². The molecule has 0 aliphatic heterocycles. The molecule has 1 atom stereocenters. The summed E-state index contributed by atoms with van der Waals surface area (Å²) in [5.74, 6) is 0.313. The maximum Gasteiger partial charge on any atom is 0.243 e. The van der Waals surface area contributed by atoms with Crippen LogP contribution in [0, 0.1) is 11.3 Å². The first-order valence-electron chi connectivity index (χ1n) is 6.09. The van der Waals surface area contributed by atoms with Crippen molar-refractivity contribution >= 4 is 34.8 Å². The van der Waals surface area contributed by atoms with Gasteiger partial charge in [-0.25, -0.2) is 0 Å². The first-order chi connectivity index (χ1) is 8.20. The van der Waals surface area contributed by atoms with E-state index in [0.29, 0.717) is 11.0 Å². The lowest BCUT2D eigenvalue weighted by Gasteiger charge is -2.25. The molecule has 1 rings (SSSR count). The zero-order valence-corrected chi connectivity index (χ0v) is 13.7. The smallest absolute Gasteiger partial charge is 0.243 e. The van der Waals surface area contributed by atoms with Gasteiger partial charge in [-0.2, -0.15) is 0 Å². The molecule has 0 spiro atoms. The molecular weight excluding hydrogens is 284 g/mol. The predicted molar refractivity (Wildman–Crippen MR) is 81.8 cm³/mol. The number of hydrogen-bond donors (Lipinski definition) is 2. The Hall–Kier alpha value is -0.720. The Kier molecular flexibility index (Phi) is 6.89. The Balaban J connectivity index is 0.00000324. The van der Waals surface area contributed by atoms with Crippen LogP contribution in [-0.2, 0) is 11.2 Å². The summed E-state index contributed by atoms with van der Waals surface area (Å²) in [6, 6.07) is -0.560. The molecule has 0 unspecified atom stereocenters. The fourth-order valence-electron chi connectivity index (χ4n) is 1.31. The van der Waals surface area contributed by atoms with E-state index in [-0.39, 0.29) is 23.7 Å². The molecule has 7 heteroatoms. The second kappa shape index (κ2) is 7.17. The van der Waals surface area contributed by atoms with Gasteiger partial charge in [-0.05, 0) is 11.3 Å². The number of aromatic nitrogens is 2. The summed E-state index contributed by atoms with van der Waals surface area (Å²) < 4.78 is 0. The summed E-state index contributed by atoms with van der Waals surface area (Å²) in [4.78, 5) is 11.9. The van der Waals surface area contributed by atoms with Gasteiger partial charge in [-0.3, -0.25) is 10.1 Å². The lowest BCUT2D eigenvalue weighted by Crippen LogP contribution is -2.45. The third-order valence-corrected chi connectivity index (χ3v) is 3.36. The number of halogens is 1. The van der Waals surface area contributed by atoms with Gasteiger partial charge in [-0.1, -0.05) is 46.0 Å². The summed E-state index contributed by atoms with van der Waals surface area (Å²) in [6.45, 7) is 10.0. The minimum atomic E-state index is -0.560. The summed E-state index contributed by atoms with van der Waals surface area (Å²) in [6.07, 6.45) is 0.874. The lowest BCUT2D eigenvalue weighted by molar-refractivity contribution is -0.119. The van der Waals surface area contributed by atoms with E-state index in [1.807, 2.05) is 20.8 Å². The van der Waals surface area contributed by atoms with E-state index < -0.39 is 6.04 Å². The van der Waals surface area contributed by atoms with Crippen LogP contribution in [0.1, 0.15) is 39.6 Å². The number of amides is 1. The molecule has 3 N–H and O–H groups in total. The Morgan fingerprint density at radius 2 is 1.95 bits per heavy atom. The van der Waals surface area contributed by atoms with Crippen LogP contribution in [0.2, 0.25) is 0 Å². The van der Waals surface area contributed by atoms with Gasteiger partial charge in [-0.15, -0.1) is 22.6 Å². The van der Waals surface area contributed by atoms with Crippen molar-refractivity contribution in [1.82, 2.24) is 10.2 Å². The molecule has 1 amide bonds. The maximum atomic E-state index is 11.9. The van der Waals surface area contributed by atoms with Crippen LogP contribution >= 0.6 is 23.7 Å². The molecule has 1 aromatic heterocycles. The molecule has 110 valence electrons. The van der Waals surface area contributed by atoms with Crippen molar-refractivity contribution < 1.29 is 4.79 Å². The van der Waals surface area contributed by atoms with E-state index in [0.717, 1.165) is 11.4 Å². The van der Waals surface area contributed by atoms with E-state index in [1.165, 1.54) is 11.3 Å². The molecule has 0 aromatic carbocycles. The maximum absolute atomic E-state index is 11.9. The van der Waals surface area contributed by atoms with Crippen molar-refractivity contribution in [1.29, 1.82) is 0 Å². The van der Waals surface area contributed by atoms with Crippen LogP contribution in [0.25, 0.3) is 0 Å². The molecule has 1 aromatic rings. The van der Waals surface area contributed by atoms with Crippen LogP contribution in [0.3, 0.4) is 0 Å². The highest BCUT2D eigenvalue weighted by molar-refractivity contribution is 7.15. The average molecular weight is 307 g/mol. The van der Waals surface area contributed by atoms with Gasteiger partial charge in [0, 0.05) is 6.42 Å². The molecule has 0 radical (unpaired) electrons. The van der Waals surface area contributed by atoms with Crippen LogP contribution in [0.4, 0.5) is 5.13 Å². The van der Waals surface area contributed by atoms with Crippen molar-refractivity contribution in [2.75, 3.05) is 5.32 Å². The van der Waals surface area contributed by atoms with Crippen LogP contribution in [-0.4, -0.2) is 22.1 Å². The summed E-state index contributed by atoms with van der Waals surface area (Å²) in [5.41, 5.74) is 5.61. The molecule has 0 bridgehead atoms. The van der Waals surface area contributed by atoms with Crippen LogP contribution in [0.15, 0.2) is 0 Å². The standard InChI is InChI=1S/C12H22N4OS.ClH/c1-7(2)6-8-15-16-11(18-8)14-10(17)9(13)12(3,4)5;/h7,9H,6,13H2,1-5H3,(H,14,16,17);1H/t9-;/m1./s1. The Labute approximate surface area is 124 Å². The number of anilines is 1. The first-order valence-corrected chi connectivity index (χ1v) is 6.90. The number of nitrogens with one attached hydrogen (secondary N) is 1. The highest BCUT2D eigenvalue weighted by Crippen LogP contribution is 2.21. The molecule has 19 heavy (non-hydrogen) atoms. The molecule has 5 nitrogen and oxygen atoms in total. The molecule has 0 aliphatic rings. The lowest BCUT2D eigenvalue weighted by atomic mass is 9.87. The van der Waals surface area contributed by atoms with Crippen LogP contribution in [0.5, 0.6) is 0 Å². The van der Waals surface area contributed by atoms with Gasteiger partial charge in [0.25, 0.3) is 0 Å². The number of nitrogens with zero attached hydrogens (tertiary/aromatic N) is 2. The van der Waals surface area contributed by atoms with E-state index >= 15 is 0 Å².